The minimum Gasteiger partial charge on any atom is -0.381 e. The van der Waals surface area contributed by atoms with Crippen LogP contribution >= 0.6 is 15.9 Å². The molecule has 2 unspecified atom stereocenters. The summed E-state index contributed by atoms with van der Waals surface area (Å²) in [5, 5.41) is 3.60. The summed E-state index contributed by atoms with van der Waals surface area (Å²) in [5.41, 5.74) is 1.36. The molecule has 1 saturated heterocycles. The molecule has 2 rings (SSSR count). The first-order valence-corrected chi connectivity index (χ1v) is 7.17. The van der Waals surface area contributed by atoms with Crippen molar-refractivity contribution in [3.8, 4) is 0 Å². The lowest BCUT2D eigenvalue weighted by molar-refractivity contribution is 0.0393. The highest BCUT2D eigenvalue weighted by atomic mass is 79.9. The first-order valence-electron chi connectivity index (χ1n) is 6.38. The van der Waals surface area contributed by atoms with Crippen LogP contribution in [0.25, 0.3) is 0 Å². The van der Waals surface area contributed by atoms with Gasteiger partial charge < -0.3 is 10.1 Å². The van der Waals surface area contributed by atoms with Gasteiger partial charge in [-0.1, -0.05) is 35.0 Å². The summed E-state index contributed by atoms with van der Waals surface area (Å²) in [4.78, 5) is 0. The van der Waals surface area contributed by atoms with E-state index in [0.717, 1.165) is 24.2 Å². The molecule has 1 fully saturated rings. The molecule has 0 amide bonds. The summed E-state index contributed by atoms with van der Waals surface area (Å²) in [5.74, 6) is 0.595. The third-order valence-electron chi connectivity index (χ3n) is 3.30. The fourth-order valence-electron chi connectivity index (χ4n) is 2.51. The Hall–Kier alpha value is -0.380. The lowest BCUT2D eigenvalue weighted by Crippen LogP contribution is -2.33. The number of halogens is 1. The molecule has 17 heavy (non-hydrogen) atoms. The summed E-state index contributed by atoms with van der Waals surface area (Å²) >= 11 is 3.55. The van der Waals surface area contributed by atoms with Crippen LogP contribution in [-0.2, 0) is 4.74 Å². The maximum atomic E-state index is 5.61. The van der Waals surface area contributed by atoms with E-state index in [1.165, 1.54) is 18.4 Å². The highest BCUT2D eigenvalue weighted by Crippen LogP contribution is 2.30. The predicted molar refractivity (Wildman–Crippen MR) is 74.1 cm³/mol. The SMILES string of the molecule is CCNC(c1cccc(Br)c1)C1CCCOC1. The van der Waals surface area contributed by atoms with Gasteiger partial charge in [0.1, 0.15) is 0 Å². The van der Waals surface area contributed by atoms with Crippen LogP contribution in [0.4, 0.5) is 0 Å². The van der Waals surface area contributed by atoms with Crippen LogP contribution in [0.5, 0.6) is 0 Å². The van der Waals surface area contributed by atoms with Gasteiger partial charge in [-0.25, -0.2) is 0 Å². The van der Waals surface area contributed by atoms with Gasteiger partial charge in [-0.2, -0.15) is 0 Å². The van der Waals surface area contributed by atoms with Crippen molar-refractivity contribution >= 4 is 15.9 Å². The Bertz CT molecular complexity index is 350. The average Bonchev–Trinajstić information content (AvgIpc) is 2.37. The predicted octanol–water partition coefficient (Wildman–Crippen LogP) is 3.53. The van der Waals surface area contributed by atoms with E-state index in [2.05, 4.69) is 52.4 Å². The van der Waals surface area contributed by atoms with Crippen molar-refractivity contribution in [2.24, 2.45) is 5.92 Å². The second-order valence-corrected chi connectivity index (χ2v) is 5.48. The standard InChI is InChI=1S/C14H20BrNO/c1-2-16-14(12-6-4-8-17-10-12)11-5-3-7-13(15)9-11/h3,5,7,9,12,14,16H,2,4,6,8,10H2,1H3. The number of hydrogen-bond donors (Lipinski definition) is 1. The zero-order valence-electron chi connectivity index (χ0n) is 10.3. The van der Waals surface area contributed by atoms with Crippen LogP contribution in [0.1, 0.15) is 31.4 Å². The summed E-state index contributed by atoms with van der Waals surface area (Å²) < 4.78 is 6.76. The Morgan fingerprint density at radius 3 is 3.06 bits per heavy atom. The Balaban J connectivity index is 2.15. The van der Waals surface area contributed by atoms with Gasteiger partial charge in [-0.05, 0) is 37.1 Å². The molecule has 3 heteroatoms. The molecule has 1 aliphatic rings. The fraction of sp³-hybridized carbons (Fsp3) is 0.571. The molecule has 94 valence electrons. The summed E-state index contributed by atoms with van der Waals surface area (Å²) in [6, 6.07) is 9.00. The molecule has 0 aliphatic carbocycles. The summed E-state index contributed by atoms with van der Waals surface area (Å²) in [7, 11) is 0. The molecule has 1 aromatic carbocycles. The highest BCUT2D eigenvalue weighted by molar-refractivity contribution is 9.10. The topological polar surface area (TPSA) is 21.3 Å². The number of benzene rings is 1. The first kappa shape index (κ1) is 13.1. The maximum Gasteiger partial charge on any atom is 0.0512 e. The Morgan fingerprint density at radius 2 is 2.41 bits per heavy atom. The number of nitrogens with one attached hydrogen (secondary N) is 1. The highest BCUT2D eigenvalue weighted by Gasteiger charge is 2.24. The van der Waals surface area contributed by atoms with Gasteiger partial charge >= 0.3 is 0 Å². The van der Waals surface area contributed by atoms with E-state index in [-0.39, 0.29) is 0 Å². The monoisotopic (exact) mass is 297 g/mol. The van der Waals surface area contributed by atoms with Crippen LogP contribution in [0, 0.1) is 5.92 Å². The second kappa shape index (κ2) is 6.53. The second-order valence-electron chi connectivity index (χ2n) is 4.57. The number of rotatable bonds is 4. The molecule has 1 heterocycles. The summed E-state index contributed by atoms with van der Waals surface area (Å²) in [6.45, 7) is 4.96. The molecule has 2 atom stereocenters. The molecule has 0 bridgehead atoms. The number of ether oxygens (including phenoxy) is 1. The normalized spacial score (nSPS) is 22.4. The minimum atomic E-state index is 0.415. The van der Waals surface area contributed by atoms with Crippen molar-refractivity contribution in [2.75, 3.05) is 19.8 Å². The smallest absolute Gasteiger partial charge is 0.0512 e. The van der Waals surface area contributed by atoms with Crippen LogP contribution in [0.15, 0.2) is 28.7 Å². The zero-order valence-corrected chi connectivity index (χ0v) is 11.9. The van der Waals surface area contributed by atoms with E-state index < -0.39 is 0 Å². The molecule has 0 radical (unpaired) electrons. The molecule has 1 aromatic rings. The van der Waals surface area contributed by atoms with Gasteiger partial charge in [0.2, 0.25) is 0 Å². The lowest BCUT2D eigenvalue weighted by atomic mass is 9.89. The van der Waals surface area contributed by atoms with Crippen LogP contribution in [0.3, 0.4) is 0 Å². The zero-order chi connectivity index (χ0) is 12.1. The number of hydrogen-bond acceptors (Lipinski definition) is 2. The third kappa shape index (κ3) is 3.54. The van der Waals surface area contributed by atoms with Gasteiger partial charge in [0.25, 0.3) is 0 Å². The Kier molecular flexibility index (Phi) is 5.01. The van der Waals surface area contributed by atoms with Gasteiger partial charge in [0.05, 0.1) is 6.61 Å². The molecule has 1 N–H and O–H groups in total. The van der Waals surface area contributed by atoms with Crippen molar-refractivity contribution in [1.82, 2.24) is 5.32 Å². The van der Waals surface area contributed by atoms with Crippen molar-refractivity contribution in [1.29, 1.82) is 0 Å². The lowest BCUT2D eigenvalue weighted by Gasteiger charge is -2.31. The van der Waals surface area contributed by atoms with Gasteiger partial charge in [-0.15, -0.1) is 0 Å². The fourth-order valence-corrected chi connectivity index (χ4v) is 2.92. The Labute approximate surface area is 112 Å². The summed E-state index contributed by atoms with van der Waals surface area (Å²) in [6.07, 6.45) is 2.44. The third-order valence-corrected chi connectivity index (χ3v) is 3.79. The first-order chi connectivity index (χ1) is 8.31. The van der Waals surface area contributed by atoms with Gasteiger partial charge in [0.15, 0.2) is 0 Å². The van der Waals surface area contributed by atoms with E-state index in [1.807, 2.05) is 0 Å². The van der Waals surface area contributed by atoms with E-state index in [1.54, 1.807) is 0 Å². The quantitative estimate of drug-likeness (QED) is 0.918. The van der Waals surface area contributed by atoms with Crippen molar-refractivity contribution < 1.29 is 4.74 Å². The molecule has 0 aromatic heterocycles. The van der Waals surface area contributed by atoms with Crippen molar-refractivity contribution in [3.63, 3.8) is 0 Å². The molecule has 1 aliphatic heterocycles. The van der Waals surface area contributed by atoms with Crippen molar-refractivity contribution in [3.05, 3.63) is 34.3 Å². The molecule has 2 nitrogen and oxygen atoms in total. The molecule has 0 saturated carbocycles. The van der Waals surface area contributed by atoms with Crippen molar-refractivity contribution in [2.45, 2.75) is 25.8 Å². The molecule has 0 spiro atoms. The Morgan fingerprint density at radius 1 is 1.53 bits per heavy atom. The van der Waals surface area contributed by atoms with Crippen LogP contribution in [-0.4, -0.2) is 19.8 Å². The van der Waals surface area contributed by atoms with Crippen LogP contribution in [0.2, 0.25) is 0 Å². The molecular weight excluding hydrogens is 278 g/mol. The van der Waals surface area contributed by atoms with E-state index in [0.29, 0.717) is 12.0 Å². The molecular formula is C14H20BrNO. The van der Waals surface area contributed by atoms with E-state index in [4.69, 9.17) is 4.74 Å². The largest absolute Gasteiger partial charge is 0.381 e. The van der Waals surface area contributed by atoms with Gasteiger partial charge in [-0.3, -0.25) is 0 Å². The van der Waals surface area contributed by atoms with Crippen LogP contribution < -0.4 is 5.32 Å². The minimum absolute atomic E-state index is 0.415. The van der Waals surface area contributed by atoms with E-state index >= 15 is 0 Å². The average molecular weight is 298 g/mol. The maximum absolute atomic E-state index is 5.61. The van der Waals surface area contributed by atoms with E-state index in [9.17, 15) is 0 Å². The van der Waals surface area contributed by atoms with Gasteiger partial charge in [0, 0.05) is 23.0 Å².